The summed E-state index contributed by atoms with van der Waals surface area (Å²) >= 11 is 0. The van der Waals surface area contributed by atoms with Crippen LogP contribution in [-0.2, 0) is 9.47 Å². The van der Waals surface area contributed by atoms with Crippen LogP contribution >= 0.6 is 0 Å². The minimum Gasteiger partial charge on any atom is -0.373 e. The van der Waals surface area contributed by atoms with Gasteiger partial charge >= 0.3 is 0 Å². The summed E-state index contributed by atoms with van der Waals surface area (Å²) in [6.07, 6.45) is 33.1. The summed E-state index contributed by atoms with van der Waals surface area (Å²) in [4.78, 5) is 0. The summed E-state index contributed by atoms with van der Waals surface area (Å²) in [7, 11) is 0. The third-order valence-corrected chi connectivity index (χ3v) is 6.61. The topological polar surface area (TPSA) is 25.1 Å². The van der Waals surface area contributed by atoms with Crippen molar-refractivity contribution in [3.63, 3.8) is 0 Å². The molecule has 0 spiro atoms. The lowest BCUT2D eigenvalue weighted by Crippen LogP contribution is -1.86. The molecule has 2 nitrogen and oxygen atoms in total. The zero-order valence-corrected chi connectivity index (χ0v) is 18.9. The first-order valence-corrected chi connectivity index (χ1v) is 13.2. The van der Waals surface area contributed by atoms with Crippen LogP contribution in [-0.4, -0.2) is 25.4 Å². The predicted molar refractivity (Wildman–Crippen MR) is 121 cm³/mol. The van der Waals surface area contributed by atoms with Crippen LogP contribution in [0.4, 0.5) is 0 Å². The molecule has 2 heteroatoms. The van der Waals surface area contributed by atoms with Crippen molar-refractivity contribution in [2.75, 3.05) is 13.2 Å². The van der Waals surface area contributed by atoms with Gasteiger partial charge in [0.05, 0.1) is 25.4 Å². The highest BCUT2D eigenvalue weighted by Gasteiger charge is 2.21. The number of rotatable bonds is 23. The second kappa shape index (κ2) is 17.8. The lowest BCUT2D eigenvalue weighted by atomic mass is 10.0. The maximum Gasteiger partial charge on any atom is 0.0810 e. The SMILES string of the molecule is C(CCCCCCCCCCCC1CO1)CCCCCCCCCCC1CO1. The second-order valence-electron chi connectivity index (χ2n) is 9.56. The number of ether oxygens (including phenoxy) is 2. The van der Waals surface area contributed by atoms with Crippen molar-refractivity contribution in [1.29, 1.82) is 0 Å². The van der Waals surface area contributed by atoms with E-state index in [0.717, 1.165) is 13.2 Å². The van der Waals surface area contributed by atoms with E-state index in [2.05, 4.69) is 0 Å². The fourth-order valence-corrected chi connectivity index (χ4v) is 4.40. The summed E-state index contributed by atoms with van der Waals surface area (Å²) in [5, 5.41) is 0. The molecule has 0 radical (unpaired) electrons. The summed E-state index contributed by atoms with van der Waals surface area (Å²) < 4.78 is 10.5. The van der Waals surface area contributed by atoms with Crippen LogP contribution in [0.25, 0.3) is 0 Å². The molecule has 0 aromatic rings. The van der Waals surface area contributed by atoms with E-state index in [0.29, 0.717) is 12.2 Å². The fourth-order valence-electron chi connectivity index (χ4n) is 4.40. The van der Waals surface area contributed by atoms with E-state index < -0.39 is 0 Å². The Morgan fingerprint density at radius 2 is 0.500 bits per heavy atom. The molecule has 0 saturated carbocycles. The van der Waals surface area contributed by atoms with Gasteiger partial charge < -0.3 is 9.47 Å². The predicted octanol–water partition coefficient (Wildman–Crippen LogP) is 8.37. The fraction of sp³-hybridized carbons (Fsp3) is 1.00. The zero-order chi connectivity index (χ0) is 19.5. The molecular weight excluding hydrogens is 344 g/mol. The second-order valence-corrected chi connectivity index (χ2v) is 9.56. The van der Waals surface area contributed by atoms with Crippen LogP contribution in [0.1, 0.15) is 141 Å². The Morgan fingerprint density at radius 3 is 0.679 bits per heavy atom. The molecule has 0 aliphatic carbocycles. The van der Waals surface area contributed by atoms with Gasteiger partial charge in [-0.1, -0.05) is 128 Å². The van der Waals surface area contributed by atoms with E-state index in [1.807, 2.05) is 0 Å². The summed E-state index contributed by atoms with van der Waals surface area (Å²) in [5.74, 6) is 0. The largest absolute Gasteiger partial charge is 0.373 e. The maximum absolute atomic E-state index is 5.26. The van der Waals surface area contributed by atoms with Gasteiger partial charge in [-0.05, 0) is 12.8 Å². The Bertz CT molecular complexity index is 290. The number of hydrogen-bond acceptors (Lipinski definition) is 2. The molecule has 166 valence electrons. The third-order valence-electron chi connectivity index (χ3n) is 6.61. The molecule has 2 aliphatic heterocycles. The standard InChI is InChI=1S/C26H50O2/c1(3-5-7-9-11-13-15-17-19-21-25-23-27-25)2-4-6-8-10-12-14-16-18-20-22-26-24-28-26/h25-26H,1-24H2. The van der Waals surface area contributed by atoms with Crippen LogP contribution in [0.5, 0.6) is 0 Å². The summed E-state index contributed by atoms with van der Waals surface area (Å²) in [6, 6.07) is 0. The van der Waals surface area contributed by atoms with Crippen LogP contribution in [0.15, 0.2) is 0 Å². The number of unbranched alkanes of at least 4 members (excludes halogenated alkanes) is 19. The average molecular weight is 395 g/mol. The number of hydrogen-bond donors (Lipinski definition) is 0. The van der Waals surface area contributed by atoms with E-state index in [-0.39, 0.29) is 0 Å². The molecule has 28 heavy (non-hydrogen) atoms. The Morgan fingerprint density at radius 1 is 0.321 bits per heavy atom. The highest BCUT2D eigenvalue weighted by Crippen LogP contribution is 2.20. The molecular formula is C26H50O2. The van der Waals surface area contributed by atoms with Crippen molar-refractivity contribution in [3.8, 4) is 0 Å². The van der Waals surface area contributed by atoms with E-state index in [1.54, 1.807) is 0 Å². The van der Waals surface area contributed by atoms with E-state index in [4.69, 9.17) is 9.47 Å². The zero-order valence-electron chi connectivity index (χ0n) is 18.9. The van der Waals surface area contributed by atoms with Gasteiger partial charge in [0.2, 0.25) is 0 Å². The van der Waals surface area contributed by atoms with Crippen LogP contribution < -0.4 is 0 Å². The lowest BCUT2D eigenvalue weighted by Gasteiger charge is -2.04. The summed E-state index contributed by atoms with van der Waals surface area (Å²) in [5.41, 5.74) is 0. The number of epoxide rings is 2. The molecule has 0 amide bonds. The molecule has 0 aromatic heterocycles. The molecule has 2 heterocycles. The molecule has 2 unspecified atom stereocenters. The first kappa shape index (κ1) is 24.2. The monoisotopic (exact) mass is 394 g/mol. The summed E-state index contributed by atoms with van der Waals surface area (Å²) in [6.45, 7) is 2.08. The van der Waals surface area contributed by atoms with Crippen LogP contribution in [0, 0.1) is 0 Å². The van der Waals surface area contributed by atoms with Gasteiger partial charge in [-0.15, -0.1) is 0 Å². The van der Waals surface area contributed by atoms with Crippen molar-refractivity contribution < 1.29 is 9.47 Å². The van der Waals surface area contributed by atoms with Gasteiger partial charge in [-0.3, -0.25) is 0 Å². The molecule has 2 fully saturated rings. The van der Waals surface area contributed by atoms with Crippen molar-refractivity contribution in [1.82, 2.24) is 0 Å². The highest BCUT2D eigenvalue weighted by molar-refractivity contribution is 4.68. The Balaban J connectivity index is 1.13. The van der Waals surface area contributed by atoms with Gasteiger partial charge in [0, 0.05) is 0 Å². The van der Waals surface area contributed by atoms with Crippen molar-refractivity contribution in [3.05, 3.63) is 0 Å². The average Bonchev–Trinajstić information content (AvgIpc) is 3.61. The smallest absolute Gasteiger partial charge is 0.0810 e. The molecule has 2 rings (SSSR count). The molecule has 0 bridgehead atoms. The van der Waals surface area contributed by atoms with Gasteiger partial charge in [0.1, 0.15) is 0 Å². The van der Waals surface area contributed by atoms with E-state index in [1.165, 1.54) is 141 Å². The van der Waals surface area contributed by atoms with Gasteiger partial charge in [0.15, 0.2) is 0 Å². The lowest BCUT2D eigenvalue weighted by molar-refractivity contribution is 0.387. The maximum atomic E-state index is 5.26. The Hall–Kier alpha value is -0.0800. The Labute approximate surface area is 176 Å². The van der Waals surface area contributed by atoms with Crippen LogP contribution in [0.3, 0.4) is 0 Å². The van der Waals surface area contributed by atoms with E-state index in [9.17, 15) is 0 Å². The van der Waals surface area contributed by atoms with Crippen molar-refractivity contribution in [2.45, 2.75) is 153 Å². The van der Waals surface area contributed by atoms with Crippen LogP contribution in [0.2, 0.25) is 0 Å². The first-order chi connectivity index (χ1) is 13.9. The van der Waals surface area contributed by atoms with E-state index >= 15 is 0 Å². The van der Waals surface area contributed by atoms with Crippen molar-refractivity contribution >= 4 is 0 Å². The molecule has 2 aliphatic rings. The molecule has 0 N–H and O–H groups in total. The highest BCUT2D eigenvalue weighted by atomic mass is 16.6. The minimum absolute atomic E-state index is 0.646. The van der Waals surface area contributed by atoms with Gasteiger partial charge in [-0.2, -0.15) is 0 Å². The third kappa shape index (κ3) is 16.8. The normalized spacial score (nSPS) is 20.6. The quantitative estimate of drug-likeness (QED) is 0.128. The van der Waals surface area contributed by atoms with Gasteiger partial charge in [0.25, 0.3) is 0 Å². The minimum atomic E-state index is 0.646. The Kier molecular flexibility index (Phi) is 15.3. The van der Waals surface area contributed by atoms with Crippen molar-refractivity contribution in [2.24, 2.45) is 0 Å². The molecule has 2 atom stereocenters. The molecule has 2 saturated heterocycles. The van der Waals surface area contributed by atoms with Gasteiger partial charge in [-0.25, -0.2) is 0 Å². The first-order valence-electron chi connectivity index (χ1n) is 13.2. The molecule has 0 aromatic carbocycles.